The van der Waals surface area contributed by atoms with E-state index in [1.807, 2.05) is 6.07 Å². The second-order valence-corrected chi connectivity index (χ2v) is 6.74. The van der Waals surface area contributed by atoms with E-state index < -0.39 is 17.4 Å². The first-order valence-electron chi connectivity index (χ1n) is 7.45. The zero-order valence-corrected chi connectivity index (χ0v) is 14.9. The summed E-state index contributed by atoms with van der Waals surface area (Å²) in [6, 6.07) is 4.92. The van der Waals surface area contributed by atoms with Crippen LogP contribution in [0, 0.1) is 11.3 Å². The van der Waals surface area contributed by atoms with Crippen LogP contribution in [0.5, 0.6) is 5.75 Å². The Balaban J connectivity index is 2.71. The van der Waals surface area contributed by atoms with Gasteiger partial charge >= 0.3 is 5.97 Å². The summed E-state index contributed by atoms with van der Waals surface area (Å²) in [6.07, 6.45) is 0.510. The zero-order valence-electron chi connectivity index (χ0n) is 14.1. The molecule has 0 spiro atoms. The molecule has 0 aliphatic heterocycles. The van der Waals surface area contributed by atoms with Crippen LogP contribution in [0.15, 0.2) is 18.2 Å². The molecule has 0 saturated carbocycles. The van der Waals surface area contributed by atoms with Crippen LogP contribution in [-0.4, -0.2) is 30.1 Å². The van der Waals surface area contributed by atoms with E-state index in [1.165, 1.54) is 0 Å². The van der Waals surface area contributed by atoms with E-state index in [9.17, 15) is 14.7 Å². The van der Waals surface area contributed by atoms with E-state index in [2.05, 4.69) is 5.32 Å². The van der Waals surface area contributed by atoms with Gasteiger partial charge in [-0.3, -0.25) is 9.59 Å². The van der Waals surface area contributed by atoms with Gasteiger partial charge in [0.15, 0.2) is 0 Å². The molecule has 0 bridgehead atoms. The Bertz CT molecular complexity index is 586. The number of carboxylic acid groups (broad SMARTS) is 1. The first kappa shape index (κ1) is 19.3. The third kappa shape index (κ3) is 4.86. The molecule has 0 aromatic heterocycles. The maximum atomic E-state index is 12.3. The molecule has 128 valence electrons. The number of hydrogen-bond acceptors (Lipinski definition) is 3. The molecule has 0 unspecified atom stereocenters. The standard InChI is InChI=1S/C17H24ClNO4/c1-10(8-12-6-7-14(23-5)13(18)9-12)15(20)19-11(2)17(3,4)16(21)22/h6-7,9-11H,8H2,1-5H3,(H,19,20)(H,21,22)/t10-,11+/m1/s1. The normalized spacial score (nSPS) is 14.0. The van der Waals surface area contributed by atoms with Crippen LogP contribution in [-0.2, 0) is 16.0 Å². The molecule has 6 heteroatoms. The van der Waals surface area contributed by atoms with Crippen molar-refractivity contribution in [2.24, 2.45) is 11.3 Å². The molecule has 5 nitrogen and oxygen atoms in total. The minimum Gasteiger partial charge on any atom is -0.495 e. The van der Waals surface area contributed by atoms with Gasteiger partial charge in [0.1, 0.15) is 5.75 Å². The summed E-state index contributed by atoms with van der Waals surface area (Å²) in [5.74, 6) is -0.838. The van der Waals surface area contributed by atoms with Crippen molar-refractivity contribution in [3.63, 3.8) is 0 Å². The quantitative estimate of drug-likeness (QED) is 0.798. The van der Waals surface area contributed by atoms with Crippen molar-refractivity contribution in [1.29, 1.82) is 0 Å². The Morgan fingerprint density at radius 2 is 1.96 bits per heavy atom. The van der Waals surface area contributed by atoms with Crippen molar-refractivity contribution in [3.8, 4) is 5.75 Å². The van der Waals surface area contributed by atoms with Crippen LogP contribution in [0.25, 0.3) is 0 Å². The second kappa shape index (κ2) is 7.68. The Morgan fingerprint density at radius 1 is 1.35 bits per heavy atom. The van der Waals surface area contributed by atoms with Crippen LogP contribution in [0.4, 0.5) is 0 Å². The highest BCUT2D eigenvalue weighted by Crippen LogP contribution is 2.26. The molecule has 0 radical (unpaired) electrons. The van der Waals surface area contributed by atoms with Crippen LogP contribution < -0.4 is 10.1 Å². The van der Waals surface area contributed by atoms with Gasteiger partial charge < -0.3 is 15.2 Å². The number of aliphatic carboxylic acids is 1. The van der Waals surface area contributed by atoms with Crippen molar-refractivity contribution in [3.05, 3.63) is 28.8 Å². The summed E-state index contributed by atoms with van der Waals surface area (Å²) < 4.78 is 5.10. The fourth-order valence-corrected chi connectivity index (χ4v) is 2.28. The Kier molecular flexibility index (Phi) is 6.45. The zero-order chi connectivity index (χ0) is 17.8. The smallest absolute Gasteiger partial charge is 0.311 e. The van der Waals surface area contributed by atoms with Gasteiger partial charge in [-0.2, -0.15) is 0 Å². The number of ether oxygens (including phenoxy) is 1. The van der Waals surface area contributed by atoms with Gasteiger partial charge in [-0.25, -0.2) is 0 Å². The lowest BCUT2D eigenvalue weighted by molar-refractivity contribution is -0.148. The average molecular weight is 342 g/mol. The van der Waals surface area contributed by atoms with E-state index in [1.54, 1.807) is 46.9 Å². The largest absolute Gasteiger partial charge is 0.495 e. The van der Waals surface area contributed by atoms with Crippen molar-refractivity contribution in [1.82, 2.24) is 5.32 Å². The van der Waals surface area contributed by atoms with Gasteiger partial charge in [0.25, 0.3) is 0 Å². The Hall–Kier alpha value is -1.75. The highest BCUT2D eigenvalue weighted by molar-refractivity contribution is 6.32. The first-order valence-corrected chi connectivity index (χ1v) is 7.83. The van der Waals surface area contributed by atoms with Gasteiger partial charge in [-0.15, -0.1) is 0 Å². The van der Waals surface area contributed by atoms with Crippen molar-refractivity contribution >= 4 is 23.5 Å². The second-order valence-electron chi connectivity index (χ2n) is 6.33. The lowest BCUT2D eigenvalue weighted by Crippen LogP contribution is -2.48. The SMILES string of the molecule is COc1ccc(C[C@@H](C)C(=O)N[C@@H](C)C(C)(C)C(=O)O)cc1Cl. The average Bonchev–Trinajstić information content (AvgIpc) is 2.46. The monoisotopic (exact) mass is 341 g/mol. The van der Waals surface area contributed by atoms with E-state index in [0.717, 1.165) is 5.56 Å². The van der Waals surface area contributed by atoms with E-state index in [-0.39, 0.29) is 11.8 Å². The summed E-state index contributed by atoms with van der Waals surface area (Å²) in [5.41, 5.74) is -0.109. The van der Waals surface area contributed by atoms with E-state index in [0.29, 0.717) is 17.2 Å². The molecule has 23 heavy (non-hydrogen) atoms. The predicted octanol–water partition coefficient (Wildman–Crippen LogP) is 3.14. The summed E-state index contributed by atoms with van der Waals surface area (Å²) in [6.45, 7) is 6.68. The summed E-state index contributed by atoms with van der Waals surface area (Å²) in [5, 5.41) is 12.5. The lowest BCUT2D eigenvalue weighted by Gasteiger charge is -2.29. The van der Waals surface area contributed by atoms with Crippen molar-refractivity contribution in [2.45, 2.75) is 40.2 Å². The number of halogens is 1. The summed E-state index contributed by atoms with van der Waals surface area (Å²) >= 11 is 6.08. The molecule has 0 saturated heterocycles. The van der Waals surface area contributed by atoms with E-state index in [4.69, 9.17) is 16.3 Å². The molecule has 0 heterocycles. The topological polar surface area (TPSA) is 75.6 Å². The molecular weight excluding hydrogens is 318 g/mol. The van der Waals surface area contributed by atoms with Crippen LogP contribution in [0.3, 0.4) is 0 Å². The van der Waals surface area contributed by atoms with Crippen molar-refractivity contribution in [2.75, 3.05) is 7.11 Å². The molecular formula is C17H24ClNO4. The number of nitrogens with one attached hydrogen (secondary N) is 1. The highest BCUT2D eigenvalue weighted by atomic mass is 35.5. The molecule has 1 aromatic carbocycles. The number of carbonyl (C=O) groups is 2. The third-order valence-electron chi connectivity index (χ3n) is 4.20. The number of carboxylic acids is 1. The number of benzene rings is 1. The Morgan fingerprint density at radius 3 is 2.43 bits per heavy atom. The molecule has 0 aliphatic rings. The number of methoxy groups -OCH3 is 1. The molecule has 1 rings (SSSR count). The predicted molar refractivity (Wildman–Crippen MR) is 89.9 cm³/mol. The third-order valence-corrected chi connectivity index (χ3v) is 4.49. The van der Waals surface area contributed by atoms with Crippen LogP contribution in [0.1, 0.15) is 33.3 Å². The van der Waals surface area contributed by atoms with Gasteiger partial charge in [-0.05, 0) is 44.9 Å². The molecule has 2 N–H and O–H groups in total. The molecule has 1 aromatic rings. The molecule has 1 amide bonds. The molecule has 0 fully saturated rings. The maximum Gasteiger partial charge on any atom is 0.311 e. The van der Waals surface area contributed by atoms with Crippen LogP contribution in [0.2, 0.25) is 5.02 Å². The van der Waals surface area contributed by atoms with Gasteiger partial charge in [0.2, 0.25) is 5.91 Å². The minimum atomic E-state index is -1.03. The summed E-state index contributed by atoms with van der Waals surface area (Å²) in [7, 11) is 1.54. The van der Waals surface area contributed by atoms with Gasteiger partial charge in [0.05, 0.1) is 17.5 Å². The number of hydrogen-bond donors (Lipinski definition) is 2. The fourth-order valence-electron chi connectivity index (χ4n) is 2.00. The number of carbonyl (C=O) groups excluding carboxylic acids is 1. The summed E-state index contributed by atoms with van der Waals surface area (Å²) in [4.78, 5) is 23.5. The number of rotatable bonds is 7. The molecule has 2 atom stereocenters. The molecule has 0 aliphatic carbocycles. The van der Waals surface area contributed by atoms with Gasteiger partial charge in [-0.1, -0.05) is 24.6 Å². The lowest BCUT2D eigenvalue weighted by atomic mass is 9.85. The minimum absolute atomic E-state index is 0.182. The van der Waals surface area contributed by atoms with E-state index >= 15 is 0 Å². The highest BCUT2D eigenvalue weighted by Gasteiger charge is 2.35. The van der Waals surface area contributed by atoms with Crippen LogP contribution >= 0.6 is 11.6 Å². The Labute approximate surface area is 142 Å². The maximum absolute atomic E-state index is 12.3. The number of amides is 1. The fraction of sp³-hybridized carbons (Fsp3) is 0.529. The van der Waals surface area contributed by atoms with Crippen molar-refractivity contribution < 1.29 is 19.4 Å². The first-order chi connectivity index (χ1) is 10.6. The van der Waals surface area contributed by atoms with Gasteiger partial charge in [0, 0.05) is 12.0 Å².